The van der Waals surface area contributed by atoms with Crippen LogP contribution in [0.1, 0.15) is 60.7 Å². The van der Waals surface area contributed by atoms with Crippen LogP contribution in [-0.4, -0.2) is 10.6 Å². The van der Waals surface area contributed by atoms with E-state index < -0.39 is 0 Å². The van der Waals surface area contributed by atoms with Crippen molar-refractivity contribution in [3.63, 3.8) is 0 Å². The van der Waals surface area contributed by atoms with Crippen molar-refractivity contribution in [2.75, 3.05) is 4.90 Å². The van der Waals surface area contributed by atoms with Crippen LogP contribution in [0.25, 0.3) is 44.8 Å². The molecule has 6 aromatic rings. The zero-order chi connectivity index (χ0) is 36.8. The van der Waals surface area contributed by atoms with Gasteiger partial charge in [0.15, 0.2) is 0 Å². The molecule has 3 aliphatic rings. The number of benzene rings is 5. The summed E-state index contributed by atoms with van der Waals surface area (Å²) in [7, 11) is 0. The van der Waals surface area contributed by atoms with Gasteiger partial charge in [0.25, 0.3) is 0 Å². The molecular weight excluding hydrogens is 653 g/mol. The average molecular weight is 697 g/mol. The summed E-state index contributed by atoms with van der Waals surface area (Å²) >= 11 is 0. The third kappa shape index (κ3) is 5.69. The fourth-order valence-corrected chi connectivity index (χ4v) is 8.96. The largest absolute Gasteiger partial charge is 0.334 e. The molecule has 1 heterocycles. The van der Waals surface area contributed by atoms with Crippen molar-refractivity contribution in [1.82, 2.24) is 4.57 Å². The summed E-state index contributed by atoms with van der Waals surface area (Å²) in [6, 6.07) is 43.1. The number of allylic oxidation sites excluding steroid dienone is 7. The molecule has 1 aromatic heterocycles. The Morgan fingerprint density at radius 3 is 2.24 bits per heavy atom. The van der Waals surface area contributed by atoms with Crippen molar-refractivity contribution in [2.45, 2.75) is 51.1 Å². The van der Waals surface area contributed by atoms with Gasteiger partial charge < -0.3 is 9.47 Å². The fraction of sp³-hybridized carbons (Fsp3) is 0.154. The first-order valence-electron chi connectivity index (χ1n) is 19.1. The fourth-order valence-electron chi connectivity index (χ4n) is 8.96. The molecule has 262 valence electrons. The predicted octanol–water partition coefficient (Wildman–Crippen LogP) is 13.2. The lowest BCUT2D eigenvalue weighted by molar-refractivity contribution is 0.624. The van der Waals surface area contributed by atoms with Gasteiger partial charge in [-0.05, 0) is 118 Å². The van der Waals surface area contributed by atoms with E-state index in [2.05, 4.69) is 200 Å². The third-order valence-electron chi connectivity index (χ3n) is 11.8. The van der Waals surface area contributed by atoms with Gasteiger partial charge in [0.05, 0.1) is 12.1 Å². The van der Waals surface area contributed by atoms with E-state index in [4.69, 9.17) is 6.42 Å². The number of fused-ring (bicyclic) bond motifs is 4. The number of rotatable bonds is 7. The van der Waals surface area contributed by atoms with Crippen LogP contribution in [0.5, 0.6) is 0 Å². The molecule has 0 saturated carbocycles. The van der Waals surface area contributed by atoms with Gasteiger partial charge in [0.1, 0.15) is 0 Å². The Morgan fingerprint density at radius 1 is 0.741 bits per heavy atom. The second-order valence-electron chi connectivity index (χ2n) is 15.2. The molecule has 0 amide bonds. The van der Waals surface area contributed by atoms with Gasteiger partial charge in [-0.1, -0.05) is 141 Å². The lowest BCUT2D eigenvalue weighted by atomic mass is 9.82. The minimum absolute atomic E-state index is 0.0730. The predicted molar refractivity (Wildman–Crippen MR) is 230 cm³/mol. The highest BCUT2D eigenvalue weighted by Crippen LogP contribution is 2.50. The molecule has 0 bridgehead atoms. The third-order valence-corrected chi connectivity index (χ3v) is 11.8. The van der Waals surface area contributed by atoms with Crippen LogP contribution >= 0.6 is 0 Å². The average Bonchev–Trinajstić information content (AvgIpc) is 3.63. The molecule has 0 spiro atoms. The maximum atomic E-state index is 5.67. The highest BCUT2D eigenvalue weighted by Gasteiger charge is 2.36. The van der Waals surface area contributed by atoms with E-state index in [0.717, 1.165) is 12.8 Å². The first kappa shape index (κ1) is 33.5. The summed E-state index contributed by atoms with van der Waals surface area (Å²) in [6.07, 6.45) is 27.4. The molecule has 2 heteroatoms. The Morgan fingerprint density at radius 2 is 1.48 bits per heavy atom. The molecule has 2 unspecified atom stereocenters. The van der Waals surface area contributed by atoms with E-state index in [1.54, 1.807) is 0 Å². The lowest BCUT2D eigenvalue weighted by Gasteiger charge is -2.34. The minimum Gasteiger partial charge on any atom is -0.334 e. The molecule has 0 radical (unpaired) electrons. The zero-order valence-corrected chi connectivity index (χ0v) is 31.2. The first-order valence-corrected chi connectivity index (χ1v) is 19.1. The van der Waals surface area contributed by atoms with E-state index in [1.165, 1.54) is 78.1 Å². The van der Waals surface area contributed by atoms with Crippen LogP contribution < -0.4 is 4.90 Å². The molecule has 0 fully saturated rings. The van der Waals surface area contributed by atoms with E-state index in [9.17, 15) is 0 Å². The van der Waals surface area contributed by atoms with Gasteiger partial charge in [-0.25, -0.2) is 0 Å². The number of hydrogen-bond acceptors (Lipinski definition) is 1. The summed E-state index contributed by atoms with van der Waals surface area (Å²) in [5.74, 6) is 2.70. The van der Waals surface area contributed by atoms with Crippen LogP contribution in [0.4, 0.5) is 11.4 Å². The summed E-state index contributed by atoms with van der Waals surface area (Å²) in [6.45, 7) is 6.94. The van der Waals surface area contributed by atoms with Crippen molar-refractivity contribution in [3.05, 3.63) is 192 Å². The first-order chi connectivity index (χ1) is 26.4. The molecule has 0 N–H and O–H groups in total. The minimum atomic E-state index is -0.0730. The highest BCUT2D eigenvalue weighted by atomic mass is 15.2. The lowest BCUT2D eigenvalue weighted by Crippen LogP contribution is -2.30. The van der Waals surface area contributed by atoms with Crippen molar-refractivity contribution in [3.8, 4) is 34.6 Å². The van der Waals surface area contributed by atoms with Crippen LogP contribution in [0.3, 0.4) is 0 Å². The Kier molecular flexibility index (Phi) is 8.44. The molecule has 0 saturated heterocycles. The van der Waals surface area contributed by atoms with Crippen molar-refractivity contribution < 1.29 is 0 Å². The van der Waals surface area contributed by atoms with E-state index in [0.29, 0.717) is 0 Å². The second kappa shape index (κ2) is 13.6. The van der Waals surface area contributed by atoms with Gasteiger partial charge >= 0.3 is 0 Å². The number of aryl methyl sites for hydroxylation is 1. The molecule has 54 heavy (non-hydrogen) atoms. The van der Waals surface area contributed by atoms with E-state index in [-0.39, 0.29) is 17.5 Å². The summed E-state index contributed by atoms with van der Waals surface area (Å²) in [4.78, 5) is 2.53. The van der Waals surface area contributed by atoms with Crippen molar-refractivity contribution in [2.24, 2.45) is 0 Å². The quantitative estimate of drug-likeness (QED) is 0.151. The Labute approximate surface area is 319 Å². The van der Waals surface area contributed by atoms with Crippen LogP contribution in [0.2, 0.25) is 0 Å². The van der Waals surface area contributed by atoms with Gasteiger partial charge in [-0.3, -0.25) is 0 Å². The number of nitrogens with zero attached hydrogens (tertiary/aromatic N) is 2. The Bertz CT molecular complexity index is 2600. The van der Waals surface area contributed by atoms with Gasteiger partial charge in [0, 0.05) is 33.4 Å². The summed E-state index contributed by atoms with van der Waals surface area (Å²) in [5.41, 5.74) is 16.4. The van der Waals surface area contributed by atoms with Crippen LogP contribution in [0.15, 0.2) is 164 Å². The van der Waals surface area contributed by atoms with Crippen molar-refractivity contribution in [1.29, 1.82) is 0 Å². The van der Waals surface area contributed by atoms with Crippen LogP contribution in [-0.2, 0) is 5.41 Å². The summed E-state index contributed by atoms with van der Waals surface area (Å²) < 4.78 is 2.45. The van der Waals surface area contributed by atoms with Gasteiger partial charge in [-0.2, -0.15) is 0 Å². The van der Waals surface area contributed by atoms with Gasteiger partial charge in [0.2, 0.25) is 0 Å². The Balaban J connectivity index is 1.08. The number of terminal acetylenes is 1. The smallest absolute Gasteiger partial charge is 0.0560 e. The molecular formula is C52H44N2. The van der Waals surface area contributed by atoms with E-state index >= 15 is 0 Å². The molecule has 9 rings (SSSR count). The SMILES string of the molecule is C#C/C=C\c1c(C)c2cc(C3=CCC(N(c4ccc(-c5ccccc5)cc4)c4ccc5c(c4)C(C)(C)c4ccccc4-5)C=C3)ccc2n1C1C=CC=CC1. The van der Waals surface area contributed by atoms with Crippen LogP contribution in [0, 0.1) is 19.3 Å². The summed E-state index contributed by atoms with van der Waals surface area (Å²) in [5, 5.41) is 1.27. The zero-order valence-electron chi connectivity index (χ0n) is 31.2. The Hall–Kier alpha value is -6.30. The molecule has 3 aliphatic carbocycles. The normalized spacial score (nSPS) is 18.1. The number of hydrogen-bond donors (Lipinski definition) is 0. The molecule has 2 atom stereocenters. The van der Waals surface area contributed by atoms with Gasteiger partial charge in [-0.15, -0.1) is 6.42 Å². The topological polar surface area (TPSA) is 8.17 Å². The number of aromatic nitrogens is 1. The second-order valence-corrected chi connectivity index (χ2v) is 15.2. The molecule has 2 nitrogen and oxygen atoms in total. The monoisotopic (exact) mass is 696 g/mol. The molecule has 0 aliphatic heterocycles. The maximum absolute atomic E-state index is 5.67. The highest BCUT2D eigenvalue weighted by molar-refractivity contribution is 5.92. The van der Waals surface area contributed by atoms with Crippen molar-refractivity contribution >= 4 is 33.9 Å². The maximum Gasteiger partial charge on any atom is 0.0560 e. The molecule has 5 aromatic carbocycles. The number of anilines is 2. The standard InChI is InChI=1S/C52H44N2/c1-5-6-21-50-36(2)47-34-40(26-33-51(47)54(50)41-17-11-8-12-18-41)39-24-29-43(30-25-39)53(42-27-22-38(23-28-42)37-15-9-7-10-16-37)44-31-32-46-45-19-13-14-20-48(45)52(3,4)49(46)35-44/h1,6-17,19-29,31-35,41,43H,18,30H2,2-4H3/b21-6-. The van der Waals surface area contributed by atoms with E-state index in [1.807, 2.05) is 6.08 Å².